The van der Waals surface area contributed by atoms with E-state index >= 15 is 0 Å². The summed E-state index contributed by atoms with van der Waals surface area (Å²) in [7, 11) is 1.32. The van der Waals surface area contributed by atoms with Gasteiger partial charge < -0.3 is 34.8 Å². The fourth-order valence-electron chi connectivity index (χ4n) is 1.75. The quantitative estimate of drug-likeness (QED) is 0.473. The standard InChI is InChI=1S/C10H19NO7/c1-3-17-10(15)11-6-8(14)7(13)5(4-12)18-9(6)16-2/h5-9,12-14H,3-4H2,1-2H3,(H,11,15). The fraction of sp³-hybridized carbons (Fsp3) is 0.900. The average Bonchev–Trinajstić information content (AvgIpc) is 2.36. The minimum atomic E-state index is -1.33. The fourth-order valence-corrected chi connectivity index (χ4v) is 1.75. The molecule has 1 aliphatic rings. The highest BCUT2D eigenvalue weighted by Gasteiger charge is 2.45. The molecule has 106 valence electrons. The third kappa shape index (κ3) is 3.30. The second kappa shape index (κ2) is 6.86. The number of amides is 1. The van der Waals surface area contributed by atoms with Gasteiger partial charge in [-0.05, 0) is 6.92 Å². The predicted octanol–water partition coefficient (Wildman–Crippen LogP) is -1.81. The van der Waals surface area contributed by atoms with E-state index in [0.717, 1.165) is 0 Å². The molecule has 1 saturated heterocycles. The third-order valence-corrected chi connectivity index (χ3v) is 2.67. The van der Waals surface area contributed by atoms with Crippen LogP contribution >= 0.6 is 0 Å². The van der Waals surface area contributed by atoms with Gasteiger partial charge in [-0.15, -0.1) is 0 Å². The summed E-state index contributed by atoms with van der Waals surface area (Å²) < 4.78 is 14.8. The number of hydrogen-bond acceptors (Lipinski definition) is 7. The Kier molecular flexibility index (Phi) is 5.76. The van der Waals surface area contributed by atoms with Crippen LogP contribution in [0.5, 0.6) is 0 Å². The lowest BCUT2D eigenvalue weighted by atomic mass is 9.97. The van der Waals surface area contributed by atoms with Crippen LogP contribution in [0.3, 0.4) is 0 Å². The van der Waals surface area contributed by atoms with Crippen molar-refractivity contribution in [1.82, 2.24) is 5.32 Å². The molecule has 0 aromatic carbocycles. The van der Waals surface area contributed by atoms with E-state index in [4.69, 9.17) is 14.6 Å². The van der Waals surface area contributed by atoms with Gasteiger partial charge in [0.25, 0.3) is 0 Å². The van der Waals surface area contributed by atoms with Crippen molar-refractivity contribution < 1.29 is 34.3 Å². The topological polar surface area (TPSA) is 117 Å². The number of carbonyl (C=O) groups is 1. The molecule has 1 heterocycles. The highest BCUT2D eigenvalue weighted by molar-refractivity contribution is 5.67. The summed E-state index contributed by atoms with van der Waals surface area (Å²) in [4.78, 5) is 11.3. The molecular weight excluding hydrogens is 246 g/mol. The Morgan fingerprint density at radius 3 is 2.56 bits per heavy atom. The van der Waals surface area contributed by atoms with Crippen molar-refractivity contribution >= 4 is 6.09 Å². The predicted molar refractivity (Wildman–Crippen MR) is 58.7 cm³/mol. The van der Waals surface area contributed by atoms with Crippen LogP contribution in [-0.4, -0.2) is 72.4 Å². The second-order valence-electron chi connectivity index (χ2n) is 3.83. The van der Waals surface area contributed by atoms with Gasteiger partial charge in [0.2, 0.25) is 0 Å². The first-order valence-corrected chi connectivity index (χ1v) is 5.63. The molecule has 4 N–H and O–H groups in total. The minimum Gasteiger partial charge on any atom is -0.450 e. The zero-order chi connectivity index (χ0) is 13.7. The number of aliphatic hydroxyl groups excluding tert-OH is 3. The van der Waals surface area contributed by atoms with Crippen molar-refractivity contribution in [3.05, 3.63) is 0 Å². The molecule has 0 radical (unpaired) electrons. The van der Waals surface area contributed by atoms with Crippen molar-refractivity contribution in [3.8, 4) is 0 Å². The second-order valence-corrected chi connectivity index (χ2v) is 3.83. The number of alkyl carbamates (subject to hydrolysis) is 1. The molecule has 18 heavy (non-hydrogen) atoms. The van der Waals surface area contributed by atoms with Crippen LogP contribution in [0.15, 0.2) is 0 Å². The van der Waals surface area contributed by atoms with Gasteiger partial charge in [-0.2, -0.15) is 0 Å². The van der Waals surface area contributed by atoms with Crippen molar-refractivity contribution in [2.75, 3.05) is 20.3 Å². The maximum Gasteiger partial charge on any atom is 0.407 e. The van der Waals surface area contributed by atoms with E-state index in [1.807, 2.05) is 0 Å². The Morgan fingerprint density at radius 2 is 2.06 bits per heavy atom. The Morgan fingerprint density at radius 1 is 1.39 bits per heavy atom. The summed E-state index contributed by atoms with van der Waals surface area (Å²) in [5.41, 5.74) is 0. The van der Waals surface area contributed by atoms with Gasteiger partial charge in [0.15, 0.2) is 6.29 Å². The van der Waals surface area contributed by atoms with E-state index in [1.165, 1.54) is 7.11 Å². The maximum atomic E-state index is 11.3. The van der Waals surface area contributed by atoms with Gasteiger partial charge in [0.05, 0.1) is 13.2 Å². The molecule has 1 amide bonds. The van der Waals surface area contributed by atoms with E-state index in [1.54, 1.807) is 6.92 Å². The van der Waals surface area contributed by atoms with Crippen molar-refractivity contribution in [2.45, 2.75) is 37.6 Å². The van der Waals surface area contributed by atoms with E-state index in [-0.39, 0.29) is 6.61 Å². The molecule has 0 aromatic heterocycles. The van der Waals surface area contributed by atoms with Crippen LogP contribution < -0.4 is 5.32 Å². The van der Waals surface area contributed by atoms with Gasteiger partial charge >= 0.3 is 6.09 Å². The van der Waals surface area contributed by atoms with Crippen molar-refractivity contribution in [1.29, 1.82) is 0 Å². The number of carbonyl (C=O) groups excluding carboxylic acids is 1. The normalized spacial score (nSPS) is 36.2. The lowest BCUT2D eigenvalue weighted by molar-refractivity contribution is -0.262. The van der Waals surface area contributed by atoms with Crippen LogP contribution in [0.1, 0.15) is 6.92 Å². The largest absolute Gasteiger partial charge is 0.450 e. The number of rotatable bonds is 4. The first-order valence-electron chi connectivity index (χ1n) is 5.63. The van der Waals surface area contributed by atoms with Crippen molar-refractivity contribution in [2.24, 2.45) is 0 Å². The zero-order valence-electron chi connectivity index (χ0n) is 10.3. The van der Waals surface area contributed by atoms with Gasteiger partial charge in [-0.25, -0.2) is 4.79 Å². The van der Waals surface area contributed by atoms with Gasteiger partial charge in [0, 0.05) is 7.11 Å². The molecule has 1 aliphatic heterocycles. The molecule has 1 rings (SSSR count). The van der Waals surface area contributed by atoms with Crippen LogP contribution in [-0.2, 0) is 14.2 Å². The van der Waals surface area contributed by atoms with Gasteiger partial charge in [-0.1, -0.05) is 0 Å². The summed E-state index contributed by atoms with van der Waals surface area (Å²) >= 11 is 0. The molecule has 8 nitrogen and oxygen atoms in total. The number of nitrogens with one attached hydrogen (secondary N) is 1. The first kappa shape index (κ1) is 15.1. The Hall–Kier alpha value is -0.930. The number of methoxy groups -OCH3 is 1. The Balaban J connectivity index is 2.71. The molecule has 0 saturated carbocycles. The highest BCUT2D eigenvalue weighted by Crippen LogP contribution is 2.21. The summed E-state index contributed by atoms with van der Waals surface area (Å²) in [5.74, 6) is 0. The van der Waals surface area contributed by atoms with Gasteiger partial charge in [0.1, 0.15) is 24.4 Å². The van der Waals surface area contributed by atoms with Gasteiger partial charge in [-0.3, -0.25) is 0 Å². The van der Waals surface area contributed by atoms with E-state index in [0.29, 0.717) is 0 Å². The molecular formula is C10H19NO7. The van der Waals surface area contributed by atoms with Crippen LogP contribution in [0, 0.1) is 0 Å². The van der Waals surface area contributed by atoms with E-state index < -0.39 is 43.3 Å². The smallest absolute Gasteiger partial charge is 0.407 e. The van der Waals surface area contributed by atoms with Crippen LogP contribution in [0.2, 0.25) is 0 Å². The van der Waals surface area contributed by atoms with Crippen LogP contribution in [0.4, 0.5) is 4.79 Å². The zero-order valence-corrected chi connectivity index (χ0v) is 10.3. The molecule has 1 fully saturated rings. The summed E-state index contributed by atoms with van der Waals surface area (Å²) in [6, 6.07) is -0.980. The van der Waals surface area contributed by atoms with Crippen molar-refractivity contribution in [3.63, 3.8) is 0 Å². The molecule has 5 unspecified atom stereocenters. The lowest BCUT2D eigenvalue weighted by Gasteiger charge is -2.41. The van der Waals surface area contributed by atoms with E-state index in [9.17, 15) is 15.0 Å². The SMILES string of the molecule is CCOC(=O)NC1C(OC)OC(CO)C(O)C1O. The molecule has 5 atom stereocenters. The number of aliphatic hydroxyl groups is 3. The molecule has 0 aliphatic carbocycles. The summed E-state index contributed by atoms with van der Waals surface area (Å²) in [6.45, 7) is 1.34. The van der Waals surface area contributed by atoms with E-state index in [2.05, 4.69) is 10.1 Å². The monoisotopic (exact) mass is 265 g/mol. The molecule has 0 spiro atoms. The Labute approximate surface area is 104 Å². The summed E-state index contributed by atoms with van der Waals surface area (Å²) in [6.07, 6.45) is -5.35. The first-order chi connectivity index (χ1) is 8.54. The number of hydrogen-bond donors (Lipinski definition) is 4. The molecule has 8 heteroatoms. The molecule has 0 bridgehead atoms. The lowest BCUT2D eigenvalue weighted by Crippen LogP contribution is -2.64. The third-order valence-electron chi connectivity index (χ3n) is 2.67. The minimum absolute atomic E-state index is 0.176. The Bertz CT molecular complexity index is 273. The molecule has 0 aromatic rings. The highest BCUT2D eigenvalue weighted by atomic mass is 16.7. The average molecular weight is 265 g/mol. The number of ether oxygens (including phenoxy) is 3. The summed E-state index contributed by atoms with van der Waals surface area (Å²) in [5, 5.41) is 30.9. The van der Waals surface area contributed by atoms with Crippen LogP contribution in [0.25, 0.3) is 0 Å². The maximum absolute atomic E-state index is 11.3.